The lowest BCUT2D eigenvalue weighted by atomic mass is 9.83. The normalized spacial score (nSPS) is 20.6. The van der Waals surface area contributed by atoms with Gasteiger partial charge in [-0.1, -0.05) is 6.42 Å². The van der Waals surface area contributed by atoms with E-state index in [4.69, 9.17) is 4.74 Å². The first-order chi connectivity index (χ1) is 8.33. The summed E-state index contributed by atoms with van der Waals surface area (Å²) in [5.41, 5.74) is 0. The lowest BCUT2D eigenvalue weighted by Crippen LogP contribution is -2.58. The van der Waals surface area contributed by atoms with Crippen molar-refractivity contribution in [3.8, 4) is 5.75 Å². The van der Waals surface area contributed by atoms with E-state index < -0.39 is 0 Å². The molecule has 0 spiro atoms. The van der Waals surface area contributed by atoms with Crippen LogP contribution in [0.15, 0.2) is 24.5 Å². The van der Waals surface area contributed by atoms with Crippen LogP contribution in [0, 0.1) is 5.92 Å². The van der Waals surface area contributed by atoms with Crippen molar-refractivity contribution < 1.29 is 9.53 Å². The molecule has 1 aliphatic heterocycles. The van der Waals surface area contributed by atoms with Gasteiger partial charge < -0.3 is 9.64 Å². The van der Waals surface area contributed by atoms with Gasteiger partial charge in [-0.3, -0.25) is 9.78 Å². The molecule has 90 valence electrons. The second-order valence-corrected chi connectivity index (χ2v) is 4.80. The molecule has 2 aliphatic rings. The highest BCUT2D eigenvalue weighted by atomic mass is 16.5. The lowest BCUT2D eigenvalue weighted by Gasteiger charge is -2.42. The average Bonchev–Trinajstić information content (AvgIpc) is 2.21. The molecule has 3 rings (SSSR count). The maximum Gasteiger partial charge on any atom is 0.225 e. The van der Waals surface area contributed by atoms with Crippen LogP contribution in [0.3, 0.4) is 0 Å². The fraction of sp³-hybridized carbons (Fsp3) is 0.538. The molecule has 1 saturated heterocycles. The van der Waals surface area contributed by atoms with Crippen LogP contribution in [-0.4, -0.2) is 35.0 Å². The molecule has 1 aliphatic carbocycles. The van der Waals surface area contributed by atoms with Crippen LogP contribution >= 0.6 is 0 Å². The zero-order valence-electron chi connectivity index (χ0n) is 9.71. The molecule has 0 N–H and O–H groups in total. The first kappa shape index (κ1) is 10.6. The molecule has 2 fully saturated rings. The summed E-state index contributed by atoms with van der Waals surface area (Å²) >= 11 is 0. The molecule has 4 heteroatoms. The zero-order chi connectivity index (χ0) is 11.7. The molecule has 0 aromatic carbocycles. The summed E-state index contributed by atoms with van der Waals surface area (Å²) in [5.74, 6) is 1.41. The predicted octanol–water partition coefficient (Wildman–Crippen LogP) is 1.47. The summed E-state index contributed by atoms with van der Waals surface area (Å²) < 4.78 is 5.71. The molecule has 0 radical (unpaired) electrons. The quantitative estimate of drug-likeness (QED) is 0.792. The van der Waals surface area contributed by atoms with Crippen molar-refractivity contribution in [2.24, 2.45) is 5.92 Å². The number of amides is 1. The van der Waals surface area contributed by atoms with E-state index in [9.17, 15) is 4.79 Å². The molecule has 17 heavy (non-hydrogen) atoms. The Morgan fingerprint density at radius 3 is 2.82 bits per heavy atom. The van der Waals surface area contributed by atoms with Crippen molar-refractivity contribution in [1.82, 2.24) is 9.88 Å². The summed E-state index contributed by atoms with van der Waals surface area (Å²) in [4.78, 5) is 17.8. The van der Waals surface area contributed by atoms with E-state index in [-0.39, 0.29) is 6.10 Å². The van der Waals surface area contributed by atoms with Crippen molar-refractivity contribution in [3.63, 3.8) is 0 Å². The highest BCUT2D eigenvalue weighted by Gasteiger charge is 2.37. The van der Waals surface area contributed by atoms with E-state index >= 15 is 0 Å². The molecule has 1 aromatic rings. The van der Waals surface area contributed by atoms with Gasteiger partial charge in [0.05, 0.1) is 19.3 Å². The number of likely N-dealkylation sites (tertiary alicyclic amines) is 1. The van der Waals surface area contributed by atoms with E-state index in [1.165, 1.54) is 6.42 Å². The standard InChI is InChI=1S/C13H16N2O2/c16-13(10-3-1-4-10)15-8-12(9-15)17-11-5-2-6-14-7-11/h2,5-7,10,12H,1,3-4,8-9H2. The second-order valence-electron chi connectivity index (χ2n) is 4.80. The van der Waals surface area contributed by atoms with Crippen molar-refractivity contribution in [3.05, 3.63) is 24.5 Å². The second kappa shape index (κ2) is 4.35. The van der Waals surface area contributed by atoms with Gasteiger partial charge in [0.25, 0.3) is 0 Å². The average molecular weight is 232 g/mol. The van der Waals surface area contributed by atoms with Crippen LogP contribution in [0.1, 0.15) is 19.3 Å². The van der Waals surface area contributed by atoms with Gasteiger partial charge in [-0.15, -0.1) is 0 Å². The van der Waals surface area contributed by atoms with Crippen LogP contribution in [-0.2, 0) is 4.79 Å². The number of hydrogen-bond donors (Lipinski definition) is 0. The molecule has 2 heterocycles. The monoisotopic (exact) mass is 232 g/mol. The van der Waals surface area contributed by atoms with E-state index in [1.807, 2.05) is 17.0 Å². The van der Waals surface area contributed by atoms with Crippen molar-refractivity contribution >= 4 is 5.91 Å². The summed E-state index contributed by atoms with van der Waals surface area (Å²) in [7, 11) is 0. The van der Waals surface area contributed by atoms with Crippen LogP contribution < -0.4 is 4.74 Å². The SMILES string of the molecule is O=C(C1CCC1)N1CC(Oc2cccnc2)C1. The van der Waals surface area contributed by atoms with Crippen molar-refractivity contribution in [2.75, 3.05) is 13.1 Å². The van der Waals surface area contributed by atoms with Crippen LogP contribution in [0.5, 0.6) is 5.75 Å². The number of rotatable bonds is 3. The highest BCUT2D eigenvalue weighted by molar-refractivity contribution is 5.80. The van der Waals surface area contributed by atoms with Gasteiger partial charge >= 0.3 is 0 Å². The van der Waals surface area contributed by atoms with E-state index in [0.717, 1.165) is 31.7 Å². The number of pyridine rings is 1. The van der Waals surface area contributed by atoms with Gasteiger partial charge in [0, 0.05) is 12.1 Å². The fourth-order valence-corrected chi connectivity index (χ4v) is 2.22. The molecule has 4 nitrogen and oxygen atoms in total. The Hall–Kier alpha value is -1.58. The topological polar surface area (TPSA) is 42.4 Å². The Morgan fingerprint density at radius 1 is 1.41 bits per heavy atom. The maximum absolute atomic E-state index is 11.9. The Bertz CT molecular complexity index is 397. The molecule has 1 saturated carbocycles. The zero-order valence-corrected chi connectivity index (χ0v) is 9.71. The Morgan fingerprint density at radius 2 is 2.24 bits per heavy atom. The van der Waals surface area contributed by atoms with E-state index in [2.05, 4.69) is 4.98 Å². The molecule has 0 unspecified atom stereocenters. The third-order valence-corrected chi connectivity index (χ3v) is 3.55. The number of hydrogen-bond acceptors (Lipinski definition) is 3. The Labute approximate surface area is 101 Å². The van der Waals surface area contributed by atoms with Crippen LogP contribution in [0.2, 0.25) is 0 Å². The molecule has 0 atom stereocenters. The number of aromatic nitrogens is 1. The van der Waals surface area contributed by atoms with Crippen LogP contribution in [0.4, 0.5) is 0 Å². The molecular formula is C13H16N2O2. The summed E-state index contributed by atoms with van der Waals surface area (Å²) in [6.45, 7) is 1.45. The first-order valence-corrected chi connectivity index (χ1v) is 6.18. The van der Waals surface area contributed by atoms with Gasteiger partial charge in [0.15, 0.2) is 0 Å². The summed E-state index contributed by atoms with van der Waals surface area (Å²) in [5, 5.41) is 0. The minimum absolute atomic E-state index is 0.142. The Balaban J connectivity index is 1.47. The largest absolute Gasteiger partial charge is 0.485 e. The maximum atomic E-state index is 11.9. The minimum atomic E-state index is 0.142. The van der Waals surface area contributed by atoms with Gasteiger partial charge in [0.2, 0.25) is 5.91 Å². The number of nitrogens with zero attached hydrogens (tertiary/aromatic N) is 2. The Kier molecular flexibility index (Phi) is 2.71. The van der Waals surface area contributed by atoms with Crippen molar-refractivity contribution in [1.29, 1.82) is 0 Å². The van der Waals surface area contributed by atoms with Gasteiger partial charge in [-0.25, -0.2) is 0 Å². The summed E-state index contributed by atoms with van der Waals surface area (Å²) in [6.07, 6.45) is 6.92. The molecule has 0 bridgehead atoms. The molecular weight excluding hydrogens is 216 g/mol. The lowest BCUT2D eigenvalue weighted by molar-refractivity contribution is -0.147. The van der Waals surface area contributed by atoms with Crippen molar-refractivity contribution in [2.45, 2.75) is 25.4 Å². The van der Waals surface area contributed by atoms with E-state index in [1.54, 1.807) is 12.4 Å². The predicted molar refractivity (Wildman–Crippen MR) is 62.6 cm³/mol. The highest BCUT2D eigenvalue weighted by Crippen LogP contribution is 2.30. The minimum Gasteiger partial charge on any atom is -0.485 e. The number of ether oxygens (including phenoxy) is 1. The smallest absolute Gasteiger partial charge is 0.225 e. The van der Waals surface area contributed by atoms with Gasteiger partial charge in [-0.05, 0) is 25.0 Å². The van der Waals surface area contributed by atoms with Gasteiger partial charge in [-0.2, -0.15) is 0 Å². The van der Waals surface area contributed by atoms with Crippen LogP contribution in [0.25, 0.3) is 0 Å². The van der Waals surface area contributed by atoms with Gasteiger partial charge in [0.1, 0.15) is 11.9 Å². The van der Waals surface area contributed by atoms with E-state index in [0.29, 0.717) is 11.8 Å². The molecule has 1 amide bonds. The third-order valence-electron chi connectivity index (χ3n) is 3.55. The molecule has 1 aromatic heterocycles. The number of carbonyl (C=O) groups excluding carboxylic acids is 1. The first-order valence-electron chi connectivity index (χ1n) is 6.18. The third kappa shape index (κ3) is 2.12. The number of carbonyl (C=O) groups is 1. The summed E-state index contributed by atoms with van der Waals surface area (Å²) in [6, 6.07) is 3.74. The fourth-order valence-electron chi connectivity index (χ4n) is 2.22.